The Hall–Kier alpha value is -1.77. The lowest BCUT2D eigenvalue weighted by Gasteiger charge is -2.32. The molecule has 114 valence electrons. The maximum Gasteiger partial charge on any atom is 0.325 e. The van der Waals surface area contributed by atoms with Crippen LogP contribution in [0, 0.1) is 0 Å². The molecule has 1 aromatic rings. The molecule has 0 saturated heterocycles. The van der Waals surface area contributed by atoms with Gasteiger partial charge in [-0.25, -0.2) is 4.79 Å². The number of urea groups is 1. The van der Waals surface area contributed by atoms with Crippen LogP contribution in [0.1, 0.15) is 6.92 Å². The first-order valence-electron chi connectivity index (χ1n) is 5.93. The quantitative estimate of drug-likeness (QED) is 0.819. The second-order valence-corrected chi connectivity index (χ2v) is 6.23. The molecule has 2 rings (SSSR count). The van der Waals surface area contributed by atoms with Crippen LogP contribution in [-0.4, -0.2) is 35.5 Å². The summed E-state index contributed by atoms with van der Waals surface area (Å²) in [6, 6.07) is 8.05. The van der Waals surface area contributed by atoms with Gasteiger partial charge < -0.3 is 10.1 Å². The van der Waals surface area contributed by atoms with E-state index in [0.29, 0.717) is 5.75 Å². The summed E-state index contributed by atoms with van der Waals surface area (Å²) in [4.78, 5) is 13.0. The van der Waals surface area contributed by atoms with Crippen LogP contribution in [0.4, 0.5) is 4.79 Å². The smallest absolute Gasteiger partial charge is 0.325 e. The number of ether oxygens (including phenoxy) is 1. The van der Waals surface area contributed by atoms with E-state index in [1.54, 1.807) is 31.2 Å². The molecule has 7 nitrogen and oxygen atoms in total. The Morgan fingerprint density at radius 3 is 2.57 bits per heavy atom. The summed E-state index contributed by atoms with van der Waals surface area (Å²) in [5, 5.41) is 0.196. The van der Waals surface area contributed by atoms with Gasteiger partial charge in [-0.2, -0.15) is 8.42 Å². The standard InChI is InChI=1S/C12H13ClN2O5S/c1-8(20-9-5-3-2-4-6-9)15-7-10(13)11(14-12(15)16)21(17,18)19/h2-8,11H,1H3,(H,14,16)(H,17,18,19). The minimum absolute atomic E-state index is 0.236. The zero-order valence-corrected chi connectivity index (χ0v) is 12.5. The average molecular weight is 333 g/mol. The molecule has 0 radical (unpaired) electrons. The van der Waals surface area contributed by atoms with Crippen LogP contribution < -0.4 is 10.1 Å². The maximum atomic E-state index is 11.9. The van der Waals surface area contributed by atoms with Crippen LogP contribution in [0.5, 0.6) is 5.75 Å². The first kappa shape index (κ1) is 15.6. The van der Waals surface area contributed by atoms with Crippen molar-refractivity contribution in [3.8, 4) is 5.75 Å². The SMILES string of the molecule is CC(Oc1ccccc1)N1C=C(Cl)C(S(=O)(=O)O)NC1=O. The molecule has 2 unspecified atom stereocenters. The van der Waals surface area contributed by atoms with Crippen molar-refractivity contribution < 1.29 is 22.5 Å². The van der Waals surface area contributed by atoms with Gasteiger partial charge in [0.15, 0.2) is 11.6 Å². The highest BCUT2D eigenvalue weighted by molar-refractivity contribution is 7.86. The number of hydrogen-bond donors (Lipinski definition) is 2. The summed E-state index contributed by atoms with van der Waals surface area (Å²) in [5.74, 6) is 0.541. The Morgan fingerprint density at radius 1 is 1.38 bits per heavy atom. The molecule has 0 fully saturated rings. The zero-order chi connectivity index (χ0) is 15.6. The molecule has 0 aliphatic carbocycles. The van der Waals surface area contributed by atoms with Gasteiger partial charge in [-0.15, -0.1) is 0 Å². The summed E-state index contributed by atoms with van der Waals surface area (Å²) in [5.41, 5.74) is 0. The Morgan fingerprint density at radius 2 is 2.00 bits per heavy atom. The van der Waals surface area contributed by atoms with E-state index in [4.69, 9.17) is 20.9 Å². The van der Waals surface area contributed by atoms with Crippen molar-refractivity contribution in [3.05, 3.63) is 41.6 Å². The molecular weight excluding hydrogens is 320 g/mol. The number of nitrogens with one attached hydrogen (secondary N) is 1. The molecule has 1 aliphatic heterocycles. The van der Waals surface area contributed by atoms with E-state index in [2.05, 4.69) is 5.32 Å². The van der Waals surface area contributed by atoms with E-state index in [-0.39, 0.29) is 5.03 Å². The highest BCUT2D eigenvalue weighted by Gasteiger charge is 2.36. The second-order valence-electron chi connectivity index (χ2n) is 4.30. The fourth-order valence-corrected chi connectivity index (χ4v) is 2.85. The van der Waals surface area contributed by atoms with Crippen molar-refractivity contribution in [2.24, 2.45) is 0 Å². The summed E-state index contributed by atoms with van der Waals surface area (Å²) in [7, 11) is -4.52. The Labute approximate surface area is 126 Å². The van der Waals surface area contributed by atoms with Gasteiger partial charge in [0.1, 0.15) is 5.75 Å². The van der Waals surface area contributed by atoms with Crippen LogP contribution in [0.2, 0.25) is 0 Å². The molecule has 1 aromatic carbocycles. The first-order chi connectivity index (χ1) is 9.79. The largest absolute Gasteiger partial charge is 0.470 e. The van der Waals surface area contributed by atoms with Crippen molar-refractivity contribution in [2.75, 3.05) is 0 Å². The summed E-state index contributed by atoms with van der Waals surface area (Å²) in [6.45, 7) is 1.60. The molecule has 9 heteroatoms. The van der Waals surface area contributed by atoms with E-state index in [9.17, 15) is 13.2 Å². The summed E-state index contributed by atoms with van der Waals surface area (Å²) < 4.78 is 36.7. The maximum absolute atomic E-state index is 11.9. The third-order valence-corrected chi connectivity index (χ3v) is 4.15. The predicted octanol–water partition coefficient (Wildman–Crippen LogP) is 1.73. The lowest BCUT2D eigenvalue weighted by Crippen LogP contribution is -2.53. The van der Waals surface area contributed by atoms with Crippen molar-refractivity contribution in [2.45, 2.75) is 18.5 Å². The van der Waals surface area contributed by atoms with Gasteiger partial charge in [-0.05, 0) is 19.1 Å². The third-order valence-electron chi connectivity index (χ3n) is 2.74. The first-order valence-corrected chi connectivity index (χ1v) is 7.81. The zero-order valence-electron chi connectivity index (χ0n) is 10.9. The molecule has 0 bridgehead atoms. The minimum atomic E-state index is -4.52. The Kier molecular flexibility index (Phi) is 4.40. The van der Waals surface area contributed by atoms with Gasteiger partial charge in [0.2, 0.25) is 0 Å². The number of amides is 2. The molecule has 1 heterocycles. The van der Waals surface area contributed by atoms with Gasteiger partial charge in [0.25, 0.3) is 10.1 Å². The van der Waals surface area contributed by atoms with Crippen LogP contribution in [0.25, 0.3) is 0 Å². The lowest BCUT2D eigenvalue weighted by atomic mass is 10.3. The van der Waals surface area contributed by atoms with Gasteiger partial charge in [0.05, 0.1) is 5.03 Å². The third kappa shape index (κ3) is 3.66. The molecule has 2 N–H and O–H groups in total. The van der Waals surface area contributed by atoms with Gasteiger partial charge >= 0.3 is 6.03 Å². The number of rotatable bonds is 4. The highest BCUT2D eigenvalue weighted by Crippen LogP contribution is 2.22. The molecule has 2 atom stereocenters. The topological polar surface area (TPSA) is 95.9 Å². The van der Waals surface area contributed by atoms with Crippen molar-refractivity contribution in [1.82, 2.24) is 10.2 Å². The van der Waals surface area contributed by atoms with Crippen LogP contribution in [-0.2, 0) is 10.1 Å². The molecule has 1 aliphatic rings. The molecule has 0 aromatic heterocycles. The predicted molar refractivity (Wildman–Crippen MR) is 76.2 cm³/mol. The summed E-state index contributed by atoms with van der Waals surface area (Å²) in [6.07, 6.45) is 0.399. The summed E-state index contributed by atoms with van der Waals surface area (Å²) >= 11 is 5.78. The number of nitrogens with zero attached hydrogens (tertiary/aromatic N) is 1. The normalized spacial score (nSPS) is 20.5. The van der Waals surface area contributed by atoms with Crippen molar-refractivity contribution in [3.63, 3.8) is 0 Å². The fourth-order valence-electron chi connectivity index (χ4n) is 1.75. The van der Waals surface area contributed by atoms with E-state index in [0.717, 1.165) is 11.1 Å². The van der Waals surface area contributed by atoms with E-state index < -0.39 is 27.8 Å². The monoisotopic (exact) mass is 332 g/mol. The van der Waals surface area contributed by atoms with Gasteiger partial charge in [-0.1, -0.05) is 29.8 Å². The van der Waals surface area contributed by atoms with Crippen LogP contribution >= 0.6 is 11.6 Å². The molecule has 0 saturated carbocycles. The number of hydrogen-bond acceptors (Lipinski definition) is 4. The minimum Gasteiger partial charge on any atom is -0.470 e. The number of carbonyl (C=O) groups excluding carboxylic acids is 1. The number of carbonyl (C=O) groups is 1. The van der Waals surface area contributed by atoms with E-state index in [1.807, 2.05) is 6.07 Å². The lowest BCUT2D eigenvalue weighted by molar-refractivity contribution is 0.0922. The Bertz CT molecular complexity index is 661. The fraction of sp³-hybridized carbons (Fsp3) is 0.250. The molecule has 21 heavy (non-hydrogen) atoms. The number of benzene rings is 1. The van der Waals surface area contributed by atoms with Gasteiger partial charge in [0, 0.05) is 6.20 Å². The Balaban J connectivity index is 2.17. The van der Waals surface area contributed by atoms with Crippen LogP contribution in [0.3, 0.4) is 0 Å². The van der Waals surface area contributed by atoms with Crippen LogP contribution in [0.15, 0.2) is 41.6 Å². The van der Waals surface area contributed by atoms with Gasteiger partial charge in [-0.3, -0.25) is 9.45 Å². The van der Waals surface area contributed by atoms with E-state index >= 15 is 0 Å². The van der Waals surface area contributed by atoms with Crippen molar-refractivity contribution >= 4 is 27.8 Å². The van der Waals surface area contributed by atoms with E-state index in [1.165, 1.54) is 0 Å². The molecular formula is C12H13ClN2O5S. The second kappa shape index (κ2) is 5.92. The molecule has 0 spiro atoms. The van der Waals surface area contributed by atoms with Crippen molar-refractivity contribution in [1.29, 1.82) is 0 Å². The highest BCUT2D eigenvalue weighted by atomic mass is 35.5. The average Bonchev–Trinajstić information content (AvgIpc) is 2.40. The number of para-hydroxylation sites is 1. The molecule has 2 amide bonds. The number of halogens is 1.